The second-order valence-corrected chi connectivity index (χ2v) is 7.75. The Morgan fingerprint density at radius 1 is 1.09 bits per heavy atom. The summed E-state index contributed by atoms with van der Waals surface area (Å²) >= 11 is 3.51. The molecule has 0 bridgehead atoms. The highest BCUT2D eigenvalue weighted by atomic mass is 79.9. The van der Waals surface area contributed by atoms with Crippen molar-refractivity contribution in [2.45, 2.75) is 13.2 Å². The molecule has 0 unspecified atom stereocenters. The van der Waals surface area contributed by atoms with Gasteiger partial charge in [-0.05, 0) is 51.8 Å². The van der Waals surface area contributed by atoms with Crippen LogP contribution < -0.4 is 20.1 Å². The predicted octanol–water partition coefficient (Wildman–Crippen LogP) is 5.29. The van der Waals surface area contributed by atoms with E-state index in [1.54, 1.807) is 37.4 Å². The molecule has 0 saturated heterocycles. The maximum Gasteiger partial charge on any atom is 0.269 e. The molecule has 168 valence electrons. The van der Waals surface area contributed by atoms with Crippen molar-refractivity contribution >= 4 is 27.3 Å². The lowest BCUT2D eigenvalue weighted by Crippen LogP contribution is -2.21. The van der Waals surface area contributed by atoms with Gasteiger partial charge in [-0.25, -0.2) is 4.39 Å². The molecule has 0 amide bonds. The van der Waals surface area contributed by atoms with E-state index in [-0.39, 0.29) is 18.1 Å². The van der Waals surface area contributed by atoms with Crippen LogP contribution in [0.1, 0.15) is 11.1 Å². The number of hydrogen-bond donors (Lipinski definition) is 2. The molecule has 3 rings (SSSR count). The molecule has 2 N–H and O–H groups in total. The minimum Gasteiger partial charge on any atom is -0.493 e. The maximum atomic E-state index is 13.8. The molecule has 0 aliphatic heterocycles. The van der Waals surface area contributed by atoms with E-state index >= 15 is 0 Å². The van der Waals surface area contributed by atoms with Gasteiger partial charge in [0.25, 0.3) is 5.69 Å². The summed E-state index contributed by atoms with van der Waals surface area (Å²) in [4.78, 5) is 10.3. The molecule has 0 atom stereocenters. The quantitative estimate of drug-likeness (QED) is 0.210. The molecule has 3 aromatic rings. The van der Waals surface area contributed by atoms with Crippen molar-refractivity contribution in [3.05, 3.63) is 92.2 Å². The first-order valence-corrected chi connectivity index (χ1v) is 10.7. The third kappa shape index (κ3) is 6.41. The molecule has 0 aliphatic rings. The molecule has 0 aromatic heterocycles. The van der Waals surface area contributed by atoms with Crippen LogP contribution in [-0.2, 0) is 13.2 Å². The molecule has 32 heavy (non-hydrogen) atoms. The Balaban J connectivity index is 1.50. The van der Waals surface area contributed by atoms with Crippen LogP contribution in [0.4, 0.5) is 15.8 Å². The number of anilines is 1. The van der Waals surface area contributed by atoms with Crippen LogP contribution in [-0.4, -0.2) is 25.1 Å². The van der Waals surface area contributed by atoms with E-state index in [1.165, 1.54) is 18.2 Å². The molecule has 7 nitrogen and oxygen atoms in total. The van der Waals surface area contributed by atoms with Crippen molar-refractivity contribution in [3.8, 4) is 11.5 Å². The molecular weight excluding hydrogens is 481 g/mol. The number of nitrogens with one attached hydrogen (secondary N) is 2. The Morgan fingerprint density at radius 3 is 2.53 bits per heavy atom. The average molecular weight is 504 g/mol. The zero-order valence-corrected chi connectivity index (χ0v) is 19.0. The maximum absolute atomic E-state index is 13.8. The first kappa shape index (κ1) is 23.5. The lowest BCUT2D eigenvalue weighted by molar-refractivity contribution is -0.384. The van der Waals surface area contributed by atoms with E-state index in [1.807, 2.05) is 12.1 Å². The fourth-order valence-electron chi connectivity index (χ4n) is 3.01. The van der Waals surface area contributed by atoms with E-state index in [4.69, 9.17) is 9.47 Å². The fraction of sp³-hybridized carbons (Fsp3) is 0.217. The SMILES string of the molecule is COc1cc(CNCCNc2ccc([N+](=O)[O-])cc2)cc(Br)c1OCc1ccccc1F. The lowest BCUT2D eigenvalue weighted by Gasteiger charge is -2.15. The Hall–Kier alpha value is -3.17. The van der Waals surface area contributed by atoms with E-state index in [0.717, 1.165) is 11.3 Å². The van der Waals surface area contributed by atoms with Crippen molar-refractivity contribution in [2.24, 2.45) is 0 Å². The number of methoxy groups -OCH3 is 1. The van der Waals surface area contributed by atoms with Gasteiger partial charge in [-0.3, -0.25) is 10.1 Å². The predicted molar refractivity (Wildman–Crippen MR) is 125 cm³/mol. The zero-order chi connectivity index (χ0) is 22.9. The summed E-state index contributed by atoms with van der Waals surface area (Å²) in [6.07, 6.45) is 0. The number of nitro groups is 1. The van der Waals surface area contributed by atoms with Crippen molar-refractivity contribution in [3.63, 3.8) is 0 Å². The van der Waals surface area contributed by atoms with E-state index in [0.29, 0.717) is 41.2 Å². The lowest BCUT2D eigenvalue weighted by atomic mass is 10.2. The summed E-state index contributed by atoms with van der Waals surface area (Å²) in [6, 6.07) is 16.6. The molecule has 0 fully saturated rings. The number of rotatable bonds is 11. The van der Waals surface area contributed by atoms with Gasteiger partial charge < -0.3 is 20.1 Å². The minimum absolute atomic E-state index is 0.0644. The number of non-ortho nitro benzene ring substituents is 1. The van der Waals surface area contributed by atoms with Crippen molar-refractivity contribution < 1.29 is 18.8 Å². The smallest absolute Gasteiger partial charge is 0.269 e. The van der Waals surface area contributed by atoms with Crippen LogP contribution in [0.15, 0.2) is 65.1 Å². The van der Waals surface area contributed by atoms with E-state index < -0.39 is 4.92 Å². The van der Waals surface area contributed by atoms with Crippen LogP contribution >= 0.6 is 15.9 Å². The van der Waals surface area contributed by atoms with Crippen LogP contribution in [0, 0.1) is 15.9 Å². The van der Waals surface area contributed by atoms with Crippen molar-refractivity contribution in [1.82, 2.24) is 5.32 Å². The zero-order valence-electron chi connectivity index (χ0n) is 17.4. The highest BCUT2D eigenvalue weighted by molar-refractivity contribution is 9.10. The van der Waals surface area contributed by atoms with Gasteiger partial charge in [0.05, 0.1) is 16.5 Å². The largest absolute Gasteiger partial charge is 0.493 e. The molecule has 3 aromatic carbocycles. The number of hydrogen-bond acceptors (Lipinski definition) is 6. The summed E-state index contributed by atoms with van der Waals surface area (Å²) in [5.41, 5.74) is 2.34. The Kier molecular flexibility index (Phi) is 8.41. The third-order valence-electron chi connectivity index (χ3n) is 4.66. The highest BCUT2D eigenvalue weighted by Gasteiger charge is 2.13. The van der Waals surface area contributed by atoms with Gasteiger partial charge in [0.1, 0.15) is 12.4 Å². The van der Waals surface area contributed by atoms with Gasteiger partial charge in [-0.1, -0.05) is 18.2 Å². The average Bonchev–Trinajstić information content (AvgIpc) is 2.79. The third-order valence-corrected chi connectivity index (χ3v) is 5.25. The van der Waals surface area contributed by atoms with Crippen LogP contribution in [0.25, 0.3) is 0 Å². The first-order valence-electron chi connectivity index (χ1n) is 9.89. The number of benzene rings is 3. The second kappa shape index (κ2) is 11.4. The van der Waals surface area contributed by atoms with Crippen molar-refractivity contribution in [2.75, 3.05) is 25.5 Å². The Labute approximate surface area is 193 Å². The molecular formula is C23H23BrFN3O4. The summed E-state index contributed by atoms with van der Waals surface area (Å²) in [5.74, 6) is 0.751. The van der Waals surface area contributed by atoms with Gasteiger partial charge in [-0.15, -0.1) is 0 Å². The van der Waals surface area contributed by atoms with Gasteiger partial charge in [0.2, 0.25) is 0 Å². The summed E-state index contributed by atoms with van der Waals surface area (Å²) in [7, 11) is 1.56. The Morgan fingerprint density at radius 2 is 1.84 bits per heavy atom. The Bertz CT molecular complexity index is 1060. The molecule has 0 saturated carbocycles. The molecule has 0 heterocycles. The summed E-state index contributed by atoms with van der Waals surface area (Å²) in [5, 5.41) is 17.2. The standard InChI is InChI=1S/C23H23BrFN3O4/c1-31-22-13-16(12-20(24)23(22)32-15-17-4-2-3-5-21(17)25)14-26-10-11-27-18-6-8-19(9-7-18)28(29)30/h2-9,12-13,26-27H,10-11,14-15H2,1H3. The van der Waals surface area contributed by atoms with E-state index in [9.17, 15) is 14.5 Å². The van der Waals surface area contributed by atoms with Crippen LogP contribution in [0.5, 0.6) is 11.5 Å². The second-order valence-electron chi connectivity index (χ2n) is 6.90. The van der Waals surface area contributed by atoms with Gasteiger partial charge in [-0.2, -0.15) is 0 Å². The van der Waals surface area contributed by atoms with Crippen molar-refractivity contribution in [1.29, 1.82) is 0 Å². The number of nitrogens with zero attached hydrogens (tertiary/aromatic N) is 1. The number of ether oxygens (including phenoxy) is 2. The molecule has 0 aliphatic carbocycles. The number of nitro benzene ring substituents is 1. The molecule has 0 spiro atoms. The van der Waals surface area contributed by atoms with Gasteiger partial charge >= 0.3 is 0 Å². The molecule has 0 radical (unpaired) electrons. The van der Waals surface area contributed by atoms with Gasteiger partial charge in [0.15, 0.2) is 11.5 Å². The summed E-state index contributed by atoms with van der Waals surface area (Å²) < 4.78 is 25.8. The van der Waals surface area contributed by atoms with Gasteiger partial charge in [0, 0.05) is 43.0 Å². The first-order chi connectivity index (χ1) is 15.5. The fourth-order valence-corrected chi connectivity index (χ4v) is 3.61. The number of halogens is 2. The van der Waals surface area contributed by atoms with Crippen LogP contribution in [0.3, 0.4) is 0 Å². The van der Waals surface area contributed by atoms with Crippen LogP contribution in [0.2, 0.25) is 0 Å². The monoisotopic (exact) mass is 503 g/mol. The van der Waals surface area contributed by atoms with E-state index in [2.05, 4.69) is 26.6 Å². The summed E-state index contributed by atoms with van der Waals surface area (Å²) in [6.45, 7) is 2.03. The minimum atomic E-state index is -0.423. The topological polar surface area (TPSA) is 85.7 Å². The normalized spacial score (nSPS) is 10.6. The molecule has 9 heteroatoms. The highest BCUT2D eigenvalue weighted by Crippen LogP contribution is 2.37.